The quantitative estimate of drug-likeness (QED) is 0.882. The summed E-state index contributed by atoms with van der Waals surface area (Å²) in [5.74, 6) is 0.0579. The third-order valence-electron chi connectivity index (χ3n) is 3.01. The first-order chi connectivity index (χ1) is 8.72. The van der Waals surface area contributed by atoms with Gasteiger partial charge in [0, 0.05) is 6.54 Å². The van der Waals surface area contributed by atoms with Crippen LogP contribution in [0.4, 0.5) is 0 Å². The summed E-state index contributed by atoms with van der Waals surface area (Å²) in [6, 6.07) is 8.07. The van der Waals surface area contributed by atoms with Crippen molar-refractivity contribution in [2.45, 2.75) is 53.6 Å². The van der Waals surface area contributed by atoms with Crippen LogP contribution >= 0.6 is 0 Å². The van der Waals surface area contributed by atoms with Crippen LogP contribution in [0.3, 0.4) is 0 Å². The summed E-state index contributed by atoms with van der Waals surface area (Å²) in [5, 5.41) is 0. The Morgan fingerprint density at radius 1 is 1.26 bits per heavy atom. The smallest absolute Gasteiger partial charge is 0.146 e. The zero-order chi connectivity index (χ0) is 15.1. The minimum atomic E-state index is -0.322. The lowest BCUT2D eigenvalue weighted by Crippen LogP contribution is -2.40. The van der Waals surface area contributed by atoms with Crippen molar-refractivity contribution >= 4 is 5.78 Å². The number of Topliss-reactive ketones (excluding diaryl/α,β-unsaturated/α-hetero) is 1. The Morgan fingerprint density at radius 2 is 1.79 bits per heavy atom. The Balaban J connectivity index is 0.000000344. The second kappa shape index (κ2) is 8.08. The fourth-order valence-electron chi connectivity index (χ4n) is 1.59. The van der Waals surface area contributed by atoms with E-state index in [0.717, 1.165) is 6.42 Å². The maximum atomic E-state index is 10.7. The monoisotopic (exact) mass is 264 g/mol. The molecule has 0 fully saturated rings. The van der Waals surface area contributed by atoms with E-state index in [-0.39, 0.29) is 17.2 Å². The number of hydrogen-bond donors (Lipinski definition) is 2. The molecule has 108 valence electrons. The molecule has 19 heavy (non-hydrogen) atoms. The molecule has 0 aliphatic carbocycles. The van der Waals surface area contributed by atoms with E-state index in [0.29, 0.717) is 6.54 Å². The van der Waals surface area contributed by atoms with Crippen molar-refractivity contribution in [2.75, 3.05) is 0 Å². The molecule has 0 radical (unpaired) electrons. The molecule has 0 aliphatic heterocycles. The van der Waals surface area contributed by atoms with Crippen molar-refractivity contribution in [1.82, 2.24) is 0 Å². The third kappa shape index (κ3) is 7.09. The third-order valence-corrected chi connectivity index (χ3v) is 3.01. The average molecular weight is 264 g/mol. The maximum Gasteiger partial charge on any atom is 0.146 e. The van der Waals surface area contributed by atoms with E-state index in [1.54, 1.807) is 0 Å². The predicted molar refractivity (Wildman–Crippen MR) is 81.8 cm³/mol. The van der Waals surface area contributed by atoms with Crippen LogP contribution < -0.4 is 11.5 Å². The number of hydrogen-bond acceptors (Lipinski definition) is 3. The van der Waals surface area contributed by atoms with Crippen LogP contribution in [-0.4, -0.2) is 11.8 Å². The summed E-state index contributed by atoms with van der Waals surface area (Å²) in [4.78, 5) is 10.7. The summed E-state index contributed by atoms with van der Waals surface area (Å²) in [7, 11) is 0. The molecule has 1 aromatic rings. The Morgan fingerprint density at radius 3 is 2.11 bits per heavy atom. The number of ketones is 1. The van der Waals surface area contributed by atoms with Gasteiger partial charge in [0.15, 0.2) is 0 Å². The molecule has 0 heterocycles. The largest absolute Gasteiger partial charge is 0.326 e. The molecule has 3 nitrogen and oxygen atoms in total. The highest BCUT2D eigenvalue weighted by atomic mass is 16.1. The van der Waals surface area contributed by atoms with Crippen LogP contribution in [-0.2, 0) is 17.8 Å². The molecule has 0 amide bonds. The van der Waals surface area contributed by atoms with E-state index < -0.39 is 0 Å². The van der Waals surface area contributed by atoms with Crippen LogP contribution in [0.15, 0.2) is 24.3 Å². The van der Waals surface area contributed by atoms with Gasteiger partial charge in [-0.2, -0.15) is 0 Å². The maximum absolute atomic E-state index is 10.7. The first-order valence-corrected chi connectivity index (χ1v) is 6.76. The first-order valence-electron chi connectivity index (χ1n) is 6.76. The van der Waals surface area contributed by atoms with Crippen molar-refractivity contribution in [3.05, 3.63) is 35.4 Å². The molecule has 0 saturated heterocycles. The van der Waals surface area contributed by atoms with Crippen LogP contribution in [0.1, 0.15) is 45.7 Å². The molecule has 0 bridgehead atoms. The Bertz CT molecular complexity index is 375. The van der Waals surface area contributed by atoms with Gasteiger partial charge in [-0.3, -0.25) is 4.79 Å². The van der Waals surface area contributed by atoms with Gasteiger partial charge in [0.2, 0.25) is 0 Å². The highest BCUT2D eigenvalue weighted by Gasteiger charge is 2.23. The predicted octanol–water partition coefficient (Wildman–Crippen LogP) is 2.66. The summed E-state index contributed by atoms with van der Waals surface area (Å²) in [6.45, 7) is 10.2. The lowest BCUT2D eigenvalue weighted by Gasteiger charge is -2.23. The topological polar surface area (TPSA) is 69.1 Å². The van der Waals surface area contributed by atoms with Gasteiger partial charge >= 0.3 is 0 Å². The lowest BCUT2D eigenvalue weighted by atomic mass is 9.85. The van der Waals surface area contributed by atoms with Gasteiger partial charge in [-0.1, -0.05) is 52.0 Å². The number of carbonyl (C=O) groups excluding carboxylic acids is 1. The number of nitrogens with two attached hydrogens (primary N) is 2. The van der Waals surface area contributed by atoms with E-state index in [1.807, 2.05) is 20.8 Å². The van der Waals surface area contributed by atoms with E-state index in [9.17, 15) is 4.79 Å². The number of carbonyl (C=O) groups is 1. The van der Waals surface area contributed by atoms with Gasteiger partial charge in [-0.15, -0.1) is 0 Å². The molecule has 3 heteroatoms. The van der Waals surface area contributed by atoms with Crippen LogP contribution in [0, 0.1) is 5.41 Å². The van der Waals surface area contributed by atoms with Gasteiger partial charge in [-0.25, -0.2) is 0 Å². The zero-order valence-electron chi connectivity index (χ0n) is 12.9. The molecular formula is C16H28N2O. The van der Waals surface area contributed by atoms with Gasteiger partial charge in [-0.05, 0) is 29.9 Å². The zero-order valence-corrected chi connectivity index (χ0v) is 12.9. The Labute approximate surface area is 117 Å². The van der Waals surface area contributed by atoms with Crippen LogP contribution in [0.2, 0.25) is 0 Å². The van der Waals surface area contributed by atoms with E-state index in [1.165, 1.54) is 18.1 Å². The second-order valence-corrected chi connectivity index (χ2v) is 5.83. The molecule has 0 aliphatic rings. The van der Waals surface area contributed by atoms with Gasteiger partial charge in [0.1, 0.15) is 5.78 Å². The highest BCUT2D eigenvalue weighted by molar-refractivity contribution is 5.81. The molecule has 0 spiro atoms. The van der Waals surface area contributed by atoms with Crippen LogP contribution in [0.5, 0.6) is 0 Å². The molecule has 0 saturated carbocycles. The summed E-state index contributed by atoms with van der Waals surface area (Å²) in [5.41, 5.74) is 13.5. The van der Waals surface area contributed by atoms with Gasteiger partial charge < -0.3 is 11.5 Å². The van der Waals surface area contributed by atoms with Crippen LogP contribution in [0.25, 0.3) is 0 Å². The van der Waals surface area contributed by atoms with Crippen molar-refractivity contribution in [3.63, 3.8) is 0 Å². The van der Waals surface area contributed by atoms with E-state index >= 15 is 0 Å². The second-order valence-electron chi connectivity index (χ2n) is 5.83. The normalized spacial score (nSPS) is 12.4. The number of aryl methyl sites for hydroxylation is 1. The first kappa shape index (κ1) is 17.8. The van der Waals surface area contributed by atoms with E-state index in [2.05, 4.69) is 31.2 Å². The number of rotatable bonds is 3. The summed E-state index contributed by atoms with van der Waals surface area (Å²) in [6.07, 6.45) is 1.09. The molecule has 1 atom stereocenters. The molecule has 1 aromatic carbocycles. The SMILES string of the molecule is CC(=O)C(N)C(C)(C)C.CCc1cccc(CN)c1. The summed E-state index contributed by atoms with van der Waals surface area (Å²) >= 11 is 0. The molecule has 1 unspecified atom stereocenters. The van der Waals surface area contributed by atoms with Gasteiger partial charge in [0.25, 0.3) is 0 Å². The van der Waals surface area contributed by atoms with Crippen molar-refractivity contribution in [2.24, 2.45) is 16.9 Å². The summed E-state index contributed by atoms with van der Waals surface area (Å²) < 4.78 is 0. The van der Waals surface area contributed by atoms with Crippen molar-refractivity contribution < 1.29 is 4.79 Å². The minimum absolute atomic E-state index is 0.0579. The standard InChI is InChI=1S/C9H13N.C7H15NO/c1-2-8-4-3-5-9(6-8)7-10;1-5(9)6(8)7(2,3)4/h3-6H,2,7,10H2,1H3;6H,8H2,1-4H3. The molecule has 1 rings (SSSR count). The minimum Gasteiger partial charge on any atom is -0.326 e. The Kier molecular flexibility index (Phi) is 7.57. The Hall–Kier alpha value is -1.19. The van der Waals surface area contributed by atoms with Crippen molar-refractivity contribution in [3.8, 4) is 0 Å². The van der Waals surface area contributed by atoms with Crippen molar-refractivity contribution in [1.29, 1.82) is 0 Å². The molecule has 0 aromatic heterocycles. The van der Waals surface area contributed by atoms with E-state index in [4.69, 9.17) is 11.5 Å². The average Bonchev–Trinajstić information content (AvgIpc) is 2.37. The highest BCUT2D eigenvalue weighted by Crippen LogP contribution is 2.17. The number of benzene rings is 1. The molecule has 4 N–H and O–H groups in total. The fourth-order valence-corrected chi connectivity index (χ4v) is 1.59. The molecular weight excluding hydrogens is 236 g/mol. The lowest BCUT2D eigenvalue weighted by molar-refractivity contribution is -0.120. The van der Waals surface area contributed by atoms with Gasteiger partial charge in [0.05, 0.1) is 6.04 Å². The fraction of sp³-hybridized carbons (Fsp3) is 0.562.